The van der Waals surface area contributed by atoms with Crippen LogP contribution in [0.5, 0.6) is 5.75 Å². The Morgan fingerprint density at radius 2 is 1.77 bits per heavy atom. The van der Waals surface area contributed by atoms with Gasteiger partial charge in [0.2, 0.25) is 0 Å². The molecule has 0 bridgehead atoms. The van der Waals surface area contributed by atoms with E-state index >= 15 is 0 Å². The van der Waals surface area contributed by atoms with E-state index in [1.54, 1.807) is 4.90 Å². The summed E-state index contributed by atoms with van der Waals surface area (Å²) in [6, 6.07) is 5.17. The largest absolute Gasteiger partial charge is 0.573 e. The van der Waals surface area contributed by atoms with Gasteiger partial charge in [-0.3, -0.25) is 9.69 Å². The Morgan fingerprint density at radius 3 is 2.35 bits per heavy atom. The molecule has 0 aliphatic carbocycles. The first-order valence-corrected chi connectivity index (χ1v) is 8.21. The molecule has 1 aromatic carbocycles. The number of carbonyl (C=O) groups is 1. The van der Waals surface area contributed by atoms with Crippen LogP contribution in [0.1, 0.15) is 18.4 Å². The molecule has 143 valence electrons. The van der Waals surface area contributed by atoms with E-state index in [-0.39, 0.29) is 12.4 Å². The molecule has 1 aliphatic heterocycles. The number of nitrogens with zero attached hydrogens (tertiary/aromatic N) is 2. The molecule has 6 nitrogen and oxygen atoms in total. The lowest BCUT2D eigenvalue weighted by Crippen LogP contribution is -2.48. The first kappa shape index (κ1) is 20.0. The Balaban J connectivity index is 1.71. The van der Waals surface area contributed by atoms with E-state index in [1.165, 1.54) is 24.3 Å². The van der Waals surface area contributed by atoms with Crippen LogP contribution in [0.4, 0.5) is 18.0 Å². The van der Waals surface area contributed by atoms with Crippen LogP contribution in [0.15, 0.2) is 24.3 Å². The van der Waals surface area contributed by atoms with E-state index in [0.29, 0.717) is 38.2 Å². The van der Waals surface area contributed by atoms with Gasteiger partial charge in [0, 0.05) is 32.6 Å². The second-order valence-corrected chi connectivity index (χ2v) is 5.82. The molecule has 1 heterocycles. The Kier molecular flexibility index (Phi) is 7.26. The molecule has 1 amide bonds. The quantitative estimate of drug-likeness (QED) is 0.688. The van der Waals surface area contributed by atoms with Crippen molar-refractivity contribution in [1.29, 1.82) is 0 Å². The van der Waals surface area contributed by atoms with Crippen molar-refractivity contribution in [2.24, 2.45) is 0 Å². The number of carbonyl (C=O) groups excluding carboxylic acids is 2. The van der Waals surface area contributed by atoms with Crippen molar-refractivity contribution in [2.45, 2.75) is 25.8 Å². The van der Waals surface area contributed by atoms with Gasteiger partial charge in [0.15, 0.2) is 6.29 Å². The summed E-state index contributed by atoms with van der Waals surface area (Å²) in [6.07, 6.45) is -2.17. The molecule has 1 aliphatic rings. The molecular weight excluding hydrogens is 353 g/mol. The van der Waals surface area contributed by atoms with Crippen LogP contribution in [0.3, 0.4) is 0 Å². The highest BCUT2D eigenvalue weighted by molar-refractivity contribution is 5.67. The monoisotopic (exact) mass is 373 g/mol. The highest BCUT2D eigenvalue weighted by Gasteiger charge is 2.31. The molecular formula is C17H20F3N2O4. The summed E-state index contributed by atoms with van der Waals surface area (Å²) in [6.45, 7) is 3.24. The second-order valence-electron chi connectivity index (χ2n) is 5.82. The van der Waals surface area contributed by atoms with Gasteiger partial charge in [0.1, 0.15) is 12.4 Å². The smallest absolute Gasteiger partial charge is 0.445 e. The van der Waals surface area contributed by atoms with Gasteiger partial charge in [-0.2, -0.15) is 0 Å². The summed E-state index contributed by atoms with van der Waals surface area (Å²) in [4.78, 5) is 26.0. The van der Waals surface area contributed by atoms with Crippen molar-refractivity contribution >= 4 is 12.4 Å². The summed E-state index contributed by atoms with van der Waals surface area (Å²) in [5.74, 6) is -0.323. The average Bonchev–Trinajstić information content (AvgIpc) is 2.60. The van der Waals surface area contributed by atoms with Crippen LogP contribution >= 0.6 is 0 Å². The first-order chi connectivity index (χ1) is 12.4. The van der Waals surface area contributed by atoms with Gasteiger partial charge in [-0.05, 0) is 30.7 Å². The van der Waals surface area contributed by atoms with Crippen LogP contribution in [-0.4, -0.2) is 61.3 Å². The number of hydrogen-bond acceptors (Lipinski definition) is 5. The molecule has 0 aromatic heterocycles. The number of unbranched alkanes of at least 4 members (excludes halogenated alkanes) is 1. The second kappa shape index (κ2) is 9.42. The molecule has 0 saturated carbocycles. The molecule has 1 radical (unpaired) electrons. The third-order valence-electron chi connectivity index (χ3n) is 3.90. The third kappa shape index (κ3) is 6.91. The zero-order valence-electron chi connectivity index (χ0n) is 14.1. The predicted molar refractivity (Wildman–Crippen MR) is 86.3 cm³/mol. The molecule has 0 atom stereocenters. The van der Waals surface area contributed by atoms with E-state index < -0.39 is 12.5 Å². The first-order valence-electron chi connectivity index (χ1n) is 8.21. The lowest BCUT2D eigenvalue weighted by Gasteiger charge is -2.33. The molecule has 26 heavy (non-hydrogen) atoms. The summed E-state index contributed by atoms with van der Waals surface area (Å²) < 4.78 is 45.3. The zero-order chi connectivity index (χ0) is 19.0. The number of alkyl halides is 3. The Morgan fingerprint density at radius 1 is 1.12 bits per heavy atom. The molecule has 0 N–H and O–H groups in total. The molecule has 9 heteroatoms. The molecule has 1 aromatic rings. The Hall–Kier alpha value is -2.29. The van der Waals surface area contributed by atoms with E-state index in [4.69, 9.17) is 4.74 Å². The molecule has 1 fully saturated rings. The fourth-order valence-electron chi connectivity index (χ4n) is 2.55. The zero-order valence-corrected chi connectivity index (χ0v) is 14.1. The van der Waals surface area contributed by atoms with Gasteiger partial charge in [0.25, 0.3) is 0 Å². The van der Waals surface area contributed by atoms with Crippen molar-refractivity contribution in [1.82, 2.24) is 9.80 Å². The van der Waals surface area contributed by atoms with Crippen molar-refractivity contribution in [3.63, 3.8) is 0 Å². The van der Waals surface area contributed by atoms with Crippen LogP contribution in [-0.2, 0) is 16.1 Å². The van der Waals surface area contributed by atoms with E-state index in [0.717, 1.165) is 13.0 Å². The van der Waals surface area contributed by atoms with E-state index in [1.807, 2.05) is 6.29 Å². The van der Waals surface area contributed by atoms with Gasteiger partial charge in [-0.1, -0.05) is 12.1 Å². The number of halogens is 3. The number of rotatable bonds is 7. The standard InChI is InChI=1S/C17H20F3N2O4/c18-17(19,20)26-15-5-3-14(4-6-15)13-25-16(24)22-10-8-21(9-11-22)7-1-2-12-23/h3-6H,1-2,7-11,13H2. The fraction of sp³-hybridized carbons (Fsp3) is 0.529. The van der Waals surface area contributed by atoms with Crippen molar-refractivity contribution < 1.29 is 32.2 Å². The lowest BCUT2D eigenvalue weighted by molar-refractivity contribution is -0.274. The fourth-order valence-corrected chi connectivity index (χ4v) is 2.55. The Labute approximate surface area is 149 Å². The Bertz CT molecular complexity index is 585. The van der Waals surface area contributed by atoms with E-state index in [9.17, 15) is 22.8 Å². The number of piperazine rings is 1. The predicted octanol–water partition coefficient (Wildman–Crippen LogP) is 2.73. The maximum atomic E-state index is 12.1. The van der Waals surface area contributed by atoms with Gasteiger partial charge in [-0.25, -0.2) is 4.79 Å². The third-order valence-corrected chi connectivity index (χ3v) is 3.90. The molecule has 2 rings (SSSR count). The molecule has 1 saturated heterocycles. The summed E-state index contributed by atoms with van der Waals surface area (Å²) in [7, 11) is 0. The number of amides is 1. The van der Waals surface area contributed by atoms with Crippen molar-refractivity contribution in [2.75, 3.05) is 32.7 Å². The maximum absolute atomic E-state index is 12.1. The summed E-state index contributed by atoms with van der Waals surface area (Å²) in [5.41, 5.74) is 0.566. The highest BCUT2D eigenvalue weighted by atomic mass is 19.4. The summed E-state index contributed by atoms with van der Waals surface area (Å²) >= 11 is 0. The van der Waals surface area contributed by atoms with E-state index in [2.05, 4.69) is 9.64 Å². The number of benzene rings is 1. The summed E-state index contributed by atoms with van der Waals surface area (Å²) in [5, 5.41) is 0. The minimum atomic E-state index is -4.73. The van der Waals surface area contributed by atoms with Gasteiger partial charge in [-0.15, -0.1) is 13.2 Å². The number of hydrogen-bond donors (Lipinski definition) is 0. The maximum Gasteiger partial charge on any atom is 0.573 e. The van der Waals surface area contributed by atoms with Crippen LogP contribution < -0.4 is 4.74 Å². The average molecular weight is 373 g/mol. The van der Waals surface area contributed by atoms with Gasteiger partial charge >= 0.3 is 12.5 Å². The van der Waals surface area contributed by atoms with Gasteiger partial charge in [0.05, 0.1) is 0 Å². The number of ether oxygens (including phenoxy) is 2. The normalized spacial score (nSPS) is 15.6. The van der Waals surface area contributed by atoms with Crippen LogP contribution in [0.25, 0.3) is 0 Å². The SMILES string of the molecule is O=[C]CCCN1CCN(C(=O)OCc2ccc(OC(F)(F)F)cc2)CC1. The van der Waals surface area contributed by atoms with Crippen molar-refractivity contribution in [3.8, 4) is 5.75 Å². The minimum absolute atomic E-state index is 0.0273. The lowest BCUT2D eigenvalue weighted by atomic mass is 10.2. The minimum Gasteiger partial charge on any atom is -0.445 e. The van der Waals surface area contributed by atoms with Crippen LogP contribution in [0, 0.1) is 0 Å². The van der Waals surface area contributed by atoms with Crippen LogP contribution in [0.2, 0.25) is 0 Å². The van der Waals surface area contributed by atoms with Gasteiger partial charge < -0.3 is 14.4 Å². The van der Waals surface area contributed by atoms with Crippen molar-refractivity contribution in [3.05, 3.63) is 29.8 Å². The highest BCUT2D eigenvalue weighted by Crippen LogP contribution is 2.23. The topological polar surface area (TPSA) is 59.1 Å². The molecule has 0 unspecified atom stereocenters. The molecule has 0 spiro atoms.